The fraction of sp³-hybridized carbons (Fsp3) is 0.704. The van der Waals surface area contributed by atoms with Gasteiger partial charge in [-0.3, -0.25) is 4.79 Å². The van der Waals surface area contributed by atoms with Crippen molar-refractivity contribution in [3.63, 3.8) is 0 Å². The van der Waals surface area contributed by atoms with Crippen molar-refractivity contribution < 1.29 is 28.5 Å². The molecule has 6 heteroatoms. The summed E-state index contributed by atoms with van der Waals surface area (Å²) >= 11 is 0. The lowest BCUT2D eigenvalue weighted by Crippen LogP contribution is -2.61. The average Bonchev–Trinajstić information content (AvgIpc) is 3.04. The third-order valence-electron chi connectivity index (χ3n) is 8.32. The molecule has 0 aromatic heterocycles. The lowest BCUT2D eigenvalue weighted by Gasteiger charge is -2.60. The van der Waals surface area contributed by atoms with Crippen molar-refractivity contribution in [2.24, 2.45) is 22.7 Å². The lowest BCUT2D eigenvalue weighted by molar-refractivity contribution is -0.228. The van der Waals surface area contributed by atoms with Gasteiger partial charge >= 0.3 is 11.9 Å². The quantitative estimate of drug-likeness (QED) is 0.270. The van der Waals surface area contributed by atoms with Crippen molar-refractivity contribution >= 4 is 11.9 Å². The average molecular weight is 461 g/mol. The number of esters is 2. The molecule has 1 spiro atoms. The summed E-state index contributed by atoms with van der Waals surface area (Å²) in [4.78, 5) is 25.1. The zero-order chi connectivity index (χ0) is 24.4. The van der Waals surface area contributed by atoms with Gasteiger partial charge in [-0.2, -0.15) is 0 Å². The first-order valence-corrected chi connectivity index (χ1v) is 12.2. The van der Waals surface area contributed by atoms with E-state index in [1.54, 1.807) is 7.11 Å². The number of carbonyl (C=O) groups excluding carboxylic acids is 2. The second-order valence-corrected chi connectivity index (χ2v) is 10.1. The van der Waals surface area contributed by atoms with Gasteiger partial charge in [0.1, 0.15) is 0 Å². The van der Waals surface area contributed by atoms with Gasteiger partial charge in [-0.1, -0.05) is 51.5 Å². The van der Waals surface area contributed by atoms with E-state index in [4.69, 9.17) is 18.9 Å². The number of methoxy groups -OCH3 is 1. The molecule has 0 aromatic rings. The largest absolute Gasteiger partial charge is 0.424 e. The Labute approximate surface area is 198 Å². The van der Waals surface area contributed by atoms with E-state index in [2.05, 4.69) is 33.4 Å². The van der Waals surface area contributed by atoms with Gasteiger partial charge in [0.15, 0.2) is 0 Å². The van der Waals surface area contributed by atoms with E-state index in [1.807, 2.05) is 19.1 Å². The van der Waals surface area contributed by atoms with Crippen LogP contribution in [0, 0.1) is 22.7 Å². The van der Waals surface area contributed by atoms with Gasteiger partial charge in [-0.25, -0.2) is 4.79 Å². The molecule has 184 valence electrons. The van der Waals surface area contributed by atoms with Gasteiger partial charge in [-0.05, 0) is 55.9 Å². The van der Waals surface area contributed by atoms with Crippen LogP contribution in [-0.2, 0) is 28.5 Å². The van der Waals surface area contributed by atoms with Crippen LogP contribution in [0.25, 0.3) is 0 Å². The highest BCUT2D eigenvalue weighted by Crippen LogP contribution is 2.66. The van der Waals surface area contributed by atoms with E-state index >= 15 is 0 Å². The van der Waals surface area contributed by atoms with Crippen molar-refractivity contribution in [1.29, 1.82) is 0 Å². The second kappa shape index (κ2) is 10.1. The van der Waals surface area contributed by atoms with Gasteiger partial charge in [0.25, 0.3) is 6.29 Å². The number of carbonyl (C=O) groups is 2. The molecule has 3 aliphatic rings. The molecule has 1 aliphatic heterocycles. The topological polar surface area (TPSA) is 71.1 Å². The van der Waals surface area contributed by atoms with Crippen LogP contribution in [0.15, 0.2) is 36.0 Å². The van der Waals surface area contributed by atoms with Crippen LogP contribution in [0.4, 0.5) is 0 Å². The zero-order valence-electron chi connectivity index (χ0n) is 21.0. The second-order valence-electron chi connectivity index (χ2n) is 10.1. The van der Waals surface area contributed by atoms with Crippen LogP contribution in [-0.4, -0.2) is 44.2 Å². The Morgan fingerprint density at radius 3 is 2.70 bits per heavy atom. The van der Waals surface area contributed by atoms with Gasteiger partial charge in [0.05, 0.1) is 17.6 Å². The fourth-order valence-corrected chi connectivity index (χ4v) is 6.13. The molecular weight excluding hydrogens is 420 g/mol. The number of cyclic esters (lactones) is 1. The minimum Gasteiger partial charge on any atom is -0.424 e. The number of ether oxygens (including phenoxy) is 4. The molecule has 2 fully saturated rings. The van der Waals surface area contributed by atoms with Crippen molar-refractivity contribution in [2.75, 3.05) is 13.7 Å². The predicted molar refractivity (Wildman–Crippen MR) is 126 cm³/mol. The molecule has 0 aromatic carbocycles. The first-order chi connectivity index (χ1) is 15.6. The molecule has 1 saturated heterocycles. The molecule has 6 nitrogen and oxygen atoms in total. The molecule has 1 unspecified atom stereocenters. The predicted octanol–water partition coefficient (Wildman–Crippen LogP) is 5.13. The molecule has 0 bridgehead atoms. The molecule has 1 heterocycles. The molecule has 0 N–H and O–H groups in total. The molecule has 0 amide bonds. The van der Waals surface area contributed by atoms with Crippen LogP contribution in [0.2, 0.25) is 0 Å². The smallest absolute Gasteiger partial charge is 0.337 e. The summed E-state index contributed by atoms with van der Waals surface area (Å²) in [6.45, 7) is 14.6. The monoisotopic (exact) mass is 460 g/mol. The number of allylic oxidation sites excluding steroid dienone is 3. The van der Waals surface area contributed by atoms with E-state index < -0.39 is 23.6 Å². The molecule has 33 heavy (non-hydrogen) atoms. The van der Waals surface area contributed by atoms with Crippen molar-refractivity contribution in [2.45, 2.75) is 85.2 Å². The van der Waals surface area contributed by atoms with Gasteiger partial charge in [0.2, 0.25) is 0 Å². The SMILES string of the molecule is C=C/C(C)=C\C[C@]1(C)[C@H](C)[C@@H](OCCCC)CC23C(=C[C@H](OC)C[C@H]21)C(=O)O[C@@H]3OC(C)=O. The van der Waals surface area contributed by atoms with E-state index in [-0.39, 0.29) is 29.5 Å². The standard InChI is InChI=1S/C27H40O6/c1-8-10-13-31-22-16-27-21(24(29)33-25(27)32-19(5)28)14-20(30-7)15-23(27)26(6,18(22)4)12-11-17(3)9-2/h9,11,14,18,20,22-23,25H,2,8,10,12-13,15-16H2,1,3-7H3/b17-11-/t18-,20+,22+,23+,25+,26-,27?/m1/s1. The highest BCUT2D eigenvalue weighted by atomic mass is 16.7. The number of hydrogen-bond acceptors (Lipinski definition) is 6. The van der Waals surface area contributed by atoms with Gasteiger partial charge in [-0.15, -0.1) is 0 Å². The fourth-order valence-electron chi connectivity index (χ4n) is 6.13. The number of rotatable bonds is 9. The summed E-state index contributed by atoms with van der Waals surface area (Å²) in [5, 5.41) is 0. The molecular formula is C27H40O6. The summed E-state index contributed by atoms with van der Waals surface area (Å²) in [5.74, 6) is -0.665. The Kier molecular flexibility index (Phi) is 7.90. The Balaban J connectivity index is 2.16. The van der Waals surface area contributed by atoms with Crippen molar-refractivity contribution in [3.05, 3.63) is 36.0 Å². The van der Waals surface area contributed by atoms with Crippen LogP contribution >= 0.6 is 0 Å². The minimum atomic E-state index is -0.954. The van der Waals surface area contributed by atoms with E-state index in [9.17, 15) is 9.59 Å². The van der Waals surface area contributed by atoms with Gasteiger partial charge < -0.3 is 18.9 Å². The Hall–Kier alpha value is -1.92. The molecule has 2 aliphatic carbocycles. The van der Waals surface area contributed by atoms with Crippen molar-refractivity contribution in [3.8, 4) is 0 Å². The first-order valence-electron chi connectivity index (χ1n) is 12.2. The molecule has 7 atom stereocenters. The minimum absolute atomic E-state index is 0.000593. The van der Waals surface area contributed by atoms with Gasteiger partial charge in [0, 0.05) is 26.2 Å². The third kappa shape index (κ3) is 4.57. The normalized spacial score (nSPS) is 38.1. The summed E-state index contributed by atoms with van der Waals surface area (Å²) in [5.41, 5.74) is 0.675. The highest BCUT2D eigenvalue weighted by molar-refractivity contribution is 5.93. The molecule has 0 radical (unpaired) electrons. The Bertz CT molecular complexity index is 828. The summed E-state index contributed by atoms with van der Waals surface area (Å²) < 4.78 is 23.6. The molecule has 1 saturated carbocycles. The maximum absolute atomic E-state index is 13.1. The zero-order valence-corrected chi connectivity index (χ0v) is 21.0. The maximum Gasteiger partial charge on any atom is 0.337 e. The molecule has 3 rings (SSSR count). The lowest BCUT2D eigenvalue weighted by atomic mass is 9.45. The highest BCUT2D eigenvalue weighted by Gasteiger charge is 2.69. The summed E-state index contributed by atoms with van der Waals surface area (Å²) in [6.07, 6.45) is 8.82. The maximum atomic E-state index is 13.1. The number of hydrogen-bond donors (Lipinski definition) is 0. The van der Waals surface area contributed by atoms with E-state index in [0.29, 0.717) is 18.6 Å². The third-order valence-corrected chi connectivity index (χ3v) is 8.32. The van der Waals surface area contributed by atoms with Crippen LogP contribution in [0.3, 0.4) is 0 Å². The van der Waals surface area contributed by atoms with E-state index in [0.717, 1.165) is 31.3 Å². The van der Waals surface area contributed by atoms with Crippen LogP contribution in [0.5, 0.6) is 0 Å². The van der Waals surface area contributed by atoms with Crippen LogP contribution in [0.1, 0.15) is 66.7 Å². The first kappa shape index (κ1) is 25.7. The Morgan fingerprint density at radius 2 is 2.09 bits per heavy atom. The van der Waals surface area contributed by atoms with Crippen molar-refractivity contribution in [1.82, 2.24) is 0 Å². The summed E-state index contributed by atoms with van der Waals surface area (Å²) in [6, 6.07) is 0. The van der Waals surface area contributed by atoms with E-state index in [1.165, 1.54) is 6.92 Å². The Morgan fingerprint density at radius 1 is 1.36 bits per heavy atom. The van der Waals surface area contributed by atoms with Crippen LogP contribution < -0.4 is 0 Å². The summed E-state index contributed by atoms with van der Waals surface area (Å²) in [7, 11) is 1.67. The number of unbranched alkanes of at least 4 members (excludes halogenated alkanes) is 1.